The first-order chi connectivity index (χ1) is 7.28. The summed E-state index contributed by atoms with van der Waals surface area (Å²) in [6, 6.07) is 0. The monoisotopic (exact) mass is 205 g/mol. The van der Waals surface area contributed by atoms with Crippen molar-refractivity contribution in [3.8, 4) is 0 Å². The third kappa shape index (κ3) is 1.49. The van der Waals surface area contributed by atoms with E-state index in [1.54, 1.807) is 0 Å². The van der Waals surface area contributed by atoms with Crippen LogP contribution in [0.2, 0.25) is 0 Å². The molecule has 2 heterocycles. The largest absolute Gasteiger partial charge is 0.345 e. The second-order valence-corrected chi connectivity index (χ2v) is 5.29. The number of H-pyrrole nitrogens is 1. The van der Waals surface area contributed by atoms with Gasteiger partial charge in [0.1, 0.15) is 5.82 Å². The fraction of sp³-hybridized carbons (Fsp3) is 0.750. The van der Waals surface area contributed by atoms with E-state index in [0.29, 0.717) is 11.3 Å². The van der Waals surface area contributed by atoms with Crippen molar-refractivity contribution in [3.63, 3.8) is 0 Å². The molecule has 82 valence electrons. The molecule has 1 unspecified atom stereocenters. The molecule has 1 saturated carbocycles. The highest BCUT2D eigenvalue weighted by molar-refractivity contribution is 5.19. The highest BCUT2D eigenvalue weighted by Crippen LogP contribution is 2.42. The molecule has 15 heavy (non-hydrogen) atoms. The van der Waals surface area contributed by atoms with Gasteiger partial charge >= 0.3 is 0 Å². The lowest BCUT2D eigenvalue weighted by Gasteiger charge is -2.37. The van der Waals surface area contributed by atoms with Crippen LogP contribution in [0.3, 0.4) is 0 Å². The molecule has 0 aromatic carbocycles. The Morgan fingerprint density at radius 2 is 2.33 bits per heavy atom. The summed E-state index contributed by atoms with van der Waals surface area (Å²) in [7, 11) is 0. The molecule has 2 aliphatic rings. The molecule has 1 aliphatic heterocycles. The van der Waals surface area contributed by atoms with Crippen LogP contribution in [0.25, 0.3) is 0 Å². The lowest BCUT2D eigenvalue weighted by atomic mass is 9.68. The lowest BCUT2D eigenvalue weighted by molar-refractivity contribution is 0.265. The summed E-state index contributed by atoms with van der Waals surface area (Å²) >= 11 is 0. The van der Waals surface area contributed by atoms with E-state index in [0.717, 1.165) is 13.1 Å². The number of hydrogen-bond acceptors (Lipinski definition) is 2. The molecule has 2 fully saturated rings. The van der Waals surface area contributed by atoms with Crippen molar-refractivity contribution in [2.24, 2.45) is 0 Å². The Bertz CT molecular complexity index is 346. The Balaban J connectivity index is 1.80. The first-order valence-electron chi connectivity index (χ1n) is 6.04. The first-order valence-corrected chi connectivity index (χ1v) is 6.04. The van der Waals surface area contributed by atoms with Gasteiger partial charge in [0.15, 0.2) is 0 Å². The second kappa shape index (κ2) is 3.34. The minimum Gasteiger partial charge on any atom is -0.345 e. The predicted molar refractivity (Wildman–Crippen MR) is 60.0 cm³/mol. The number of nitrogens with one attached hydrogen (secondary N) is 2. The van der Waals surface area contributed by atoms with Gasteiger partial charge in [-0.2, -0.15) is 0 Å². The van der Waals surface area contributed by atoms with E-state index in [1.165, 1.54) is 37.2 Å². The van der Waals surface area contributed by atoms with Crippen LogP contribution >= 0.6 is 0 Å². The summed E-state index contributed by atoms with van der Waals surface area (Å²) in [5.74, 6) is 1.81. The van der Waals surface area contributed by atoms with Crippen LogP contribution in [0.5, 0.6) is 0 Å². The van der Waals surface area contributed by atoms with Crippen LogP contribution in [-0.4, -0.2) is 23.1 Å². The Kier molecular flexibility index (Phi) is 2.09. The van der Waals surface area contributed by atoms with Gasteiger partial charge < -0.3 is 10.3 Å². The van der Waals surface area contributed by atoms with Crippen LogP contribution in [-0.2, 0) is 5.41 Å². The average Bonchev–Trinajstić information content (AvgIpc) is 2.84. The van der Waals surface area contributed by atoms with Crippen molar-refractivity contribution >= 4 is 0 Å². The third-order valence-electron chi connectivity index (χ3n) is 4.15. The molecule has 1 aliphatic carbocycles. The van der Waals surface area contributed by atoms with Gasteiger partial charge in [-0.3, -0.25) is 0 Å². The van der Waals surface area contributed by atoms with Gasteiger partial charge in [-0.05, 0) is 25.8 Å². The quantitative estimate of drug-likeness (QED) is 0.774. The molecule has 0 radical (unpaired) electrons. The van der Waals surface area contributed by atoms with Crippen molar-refractivity contribution in [3.05, 3.63) is 17.7 Å². The van der Waals surface area contributed by atoms with Gasteiger partial charge in [-0.15, -0.1) is 0 Å². The number of imidazole rings is 1. The van der Waals surface area contributed by atoms with E-state index in [4.69, 9.17) is 0 Å². The topological polar surface area (TPSA) is 40.7 Å². The number of rotatable bonds is 2. The lowest BCUT2D eigenvalue weighted by Crippen LogP contribution is -2.30. The molecule has 3 nitrogen and oxygen atoms in total. The van der Waals surface area contributed by atoms with E-state index in [9.17, 15) is 0 Å². The zero-order valence-electron chi connectivity index (χ0n) is 9.34. The SMILES string of the molecule is CC1(c2cnc(C3CCNC3)[nH]2)CCC1. The molecule has 0 amide bonds. The number of aromatic amines is 1. The maximum atomic E-state index is 4.55. The Hall–Kier alpha value is -0.830. The molecule has 1 aromatic heterocycles. The zero-order valence-corrected chi connectivity index (χ0v) is 9.34. The van der Waals surface area contributed by atoms with Crippen molar-refractivity contribution in [1.82, 2.24) is 15.3 Å². The van der Waals surface area contributed by atoms with Gasteiger partial charge in [0.05, 0.1) is 0 Å². The van der Waals surface area contributed by atoms with Crippen LogP contribution in [0, 0.1) is 0 Å². The van der Waals surface area contributed by atoms with Crippen LogP contribution in [0.1, 0.15) is 50.0 Å². The van der Waals surface area contributed by atoms with Crippen molar-refractivity contribution in [2.45, 2.75) is 43.9 Å². The fourth-order valence-corrected chi connectivity index (χ4v) is 2.72. The smallest absolute Gasteiger partial charge is 0.110 e. The van der Waals surface area contributed by atoms with Crippen LogP contribution < -0.4 is 5.32 Å². The van der Waals surface area contributed by atoms with E-state index >= 15 is 0 Å². The van der Waals surface area contributed by atoms with Crippen molar-refractivity contribution < 1.29 is 0 Å². The maximum absolute atomic E-state index is 4.55. The summed E-state index contributed by atoms with van der Waals surface area (Å²) in [5.41, 5.74) is 1.76. The molecular weight excluding hydrogens is 186 g/mol. The third-order valence-corrected chi connectivity index (χ3v) is 4.15. The van der Waals surface area contributed by atoms with Gasteiger partial charge in [0, 0.05) is 29.8 Å². The standard InChI is InChI=1S/C12H19N3/c1-12(4-2-5-12)10-8-14-11(15-10)9-3-6-13-7-9/h8-9,13H,2-7H2,1H3,(H,14,15). The molecule has 0 bridgehead atoms. The summed E-state index contributed by atoms with van der Waals surface area (Å²) < 4.78 is 0. The normalized spacial score (nSPS) is 29.0. The molecule has 3 heteroatoms. The number of nitrogens with zero attached hydrogens (tertiary/aromatic N) is 1. The Morgan fingerprint density at radius 3 is 2.93 bits per heavy atom. The molecule has 1 aromatic rings. The molecule has 3 rings (SSSR count). The molecule has 0 spiro atoms. The van der Waals surface area contributed by atoms with E-state index in [1.807, 2.05) is 0 Å². The minimum absolute atomic E-state index is 0.400. The van der Waals surface area contributed by atoms with Gasteiger partial charge in [-0.1, -0.05) is 13.3 Å². The van der Waals surface area contributed by atoms with Gasteiger partial charge in [0.25, 0.3) is 0 Å². The number of aromatic nitrogens is 2. The summed E-state index contributed by atoms with van der Waals surface area (Å²) in [6.45, 7) is 4.57. The summed E-state index contributed by atoms with van der Waals surface area (Å²) in [5, 5.41) is 3.39. The summed E-state index contributed by atoms with van der Waals surface area (Å²) in [4.78, 5) is 8.10. The summed E-state index contributed by atoms with van der Waals surface area (Å²) in [6.07, 6.45) is 7.29. The highest BCUT2D eigenvalue weighted by atomic mass is 15.0. The van der Waals surface area contributed by atoms with Crippen LogP contribution in [0.4, 0.5) is 0 Å². The predicted octanol–water partition coefficient (Wildman–Crippen LogP) is 1.93. The Morgan fingerprint density at radius 1 is 1.47 bits per heavy atom. The molecular formula is C12H19N3. The number of hydrogen-bond donors (Lipinski definition) is 2. The maximum Gasteiger partial charge on any atom is 0.110 e. The van der Waals surface area contributed by atoms with Crippen molar-refractivity contribution in [1.29, 1.82) is 0 Å². The minimum atomic E-state index is 0.400. The van der Waals surface area contributed by atoms with Gasteiger partial charge in [0.2, 0.25) is 0 Å². The second-order valence-electron chi connectivity index (χ2n) is 5.29. The van der Waals surface area contributed by atoms with Crippen LogP contribution in [0.15, 0.2) is 6.20 Å². The highest BCUT2D eigenvalue weighted by Gasteiger charge is 2.35. The van der Waals surface area contributed by atoms with Gasteiger partial charge in [-0.25, -0.2) is 4.98 Å². The van der Waals surface area contributed by atoms with E-state index < -0.39 is 0 Å². The van der Waals surface area contributed by atoms with E-state index in [2.05, 4.69) is 28.4 Å². The Labute approximate surface area is 90.7 Å². The molecule has 2 N–H and O–H groups in total. The van der Waals surface area contributed by atoms with Crippen molar-refractivity contribution in [2.75, 3.05) is 13.1 Å². The fourth-order valence-electron chi connectivity index (χ4n) is 2.72. The zero-order chi connectivity index (χ0) is 10.3. The molecule has 1 saturated heterocycles. The molecule has 1 atom stereocenters. The van der Waals surface area contributed by atoms with E-state index in [-0.39, 0.29) is 0 Å². The average molecular weight is 205 g/mol. The first kappa shape index (κ1) is 9.40.